The Labute approximate surface area is 264 Å². The van der Waals surface area contributed by atoms with Crippen LogP contribution in [0.5, 0.6) is 0 Å². The second-order valence-electron chi connectivity index (χ2n) is 8.18. The molecule has 0 aromatic rings. The summed E-state index contributed by atoms with van der Waals surface area (Å²) in [6, 6.07) is -1.43. The summed E-state index contributed by atoms with van der Waals surface area (Å²) in [5, 5.41) is 34.1. The summed E-state index contributed by atoms with van der Waals surface area (Å²) in [6.07, 6.45) is 3.41. The first-order valence-electron chi connectivity index (χ1n) is 10.2. The molecule has 14 nitrogen and oxygen atoms in total. The minimum atomic E-state index is -0.953. The van der Waals surface area contributed by atoms with E-state index in [2.05, 4.69) is 0 Å². The smallest absolute Gasteiger partial charge is 2.00 e. The van der Waals surface area contributed by atoms with Gasteiger partial charge in [0.05, 0.1) is 27.6 Å². The number of unbranched alkanes of at least 4 members (excludes halogenated alkanes) is 2. The second kappa shape index (κ2) is 38.4. The number of aliphatic hydroxyl groups excluding tert-OH is 1. The zero-order chi connectivity index (χ0) is 25.0. The maximum absolute atomic E-state index is 10.1. The first-order chi connectivity index (χ1) is 14.2. The third-order valence-electron chi connectivity index (χ3n) is 3.74. The van der Waals surface area contributed by atoms with Crippen LogP contribution in [0.1, 0.15) is 44.9 Å². The maximum Gasteiger partial charge on any atom is 2.00 e. The molecule has 0 saturated carbocycles. The molecule has 0 aliphatic heterocycles. The van der Waals surface area contributed by atoms with Gasteiger partial charge in [-0.3, -0.25) is 14.4 Å². The third-order valence-corrected chi connectivity index (χ3v) is 3.74. The van der Waals surface area contributed by atoms with Crippen LogP contribution in [0, 0.1) is 0 Å². The average molecular weight is 719 g/mol. The number of hydrogen-bond acceptors (Lipinski definition) is 8. The molecule has 0 spiro atoms. The molecule has 3 atom stereocenters. The Morgan fingerprint density at radius 2 is 1.03 bits per heavy atom. The zero-order valence-electron chi connectivity index (χ0n) is 22.4. The molecule has 0 heterocycles. The van der Waals surface area contributed by atoms with Gasteiger partial charge < -0.3 is 58.8 Å². The van der Waals surface area contributed by atoms with E-state index in [1.807, 2.05) is 21.1 Å². The number of hydrogen-bond donors (Lipinski definition) is 8. The fraction of sp³-hybridized carbons (Fsp3) is 0.842. The summed E-state index contributed by atoms with van der Waals surface area (Å²) in [7, 11) is 5.72. The number of carbonyl (C=O) groups is 3. The molecule has 0 amide bonds. The topological polar surface area (TPSA) is 293 Å². The second-order valence-corrected chi connectivity index (χ2v) is 8.18. The van der Waals surface area contributed by atoms with Crippen molar-refractivity contribution < 1.29 is 109 Å². The number of rotatable bonds is 14. The number of likely N-dealkylation sites (N-methyl/N-ethyl adjacent to an activating group) is 1. The SMILES string of the molecule is C[N+](C)(C)CC(O)CC(=O)O.Cl.NCCCC[C@H](N)C(=O)O.NCCCC[C@H](N)C(=O)O.[O-2].[O-2].[Zn+2].[Zn+2].[Zn+2]. The quantitative estimate of drug-likeness (QED) is 0.0597. The van der Waals surface area contributed by atoms with Gasteiger partial charge in [0.2, 0.25) is 0 Å². The number of quaternary nitrogens is 1. The van der Waals surface area contributed by atoms with E-state index in [0.717, 1.165) is 25.7 Å². The minimum absolute atomic E-state index is 0. The third kappa shape index (κ3) is 57.3. The van der Waals surface area contributed by atoms with E-state index < -0.39 is 36.1 Å². The number of carboxylic acid groups (broad SMARTS) is 3. The van der Waals surface area contributed by atoms with Gasteiger partial charge in [-0.05, 0) is 38.8 Å². The van der Waals surface area contributed by atoms with Crippen LogP contribution >= 0.6 is 12.4 Å². The van der Waals surface area contributed by atoms with Gasteiger partial charge in [0.1, 0.15) is 24.7 Å². The van der Waals surface area contributed by atoms with Crippen molar-refractivity contribution in [2.75, 3.05) is 40.8 Å². The number of aliphatic carboxylic acids is 3. The summed E-state index contributed by atoms with van der Waals surface area (Å²) < 4.78 is 0.578. The molecule has 0 saturated heterocycles. The Bertz CT molecular complexity index is 486. The van der Waals surface area contributed by atoms with Crippen molar-refractivity contribution in [3.63, 3.8) is 0 Å². The van der Waals surface area contributed by atoms with Crippen LogP contribution in [0.2, 0.25) is 0 Å². The summed E-state index contributed by atoms with van der Waals surface area (Å²) in [5.74, 6) is -2.82. The number of carboxylic acids is 3. The predicted molar refractivity (Wildman–Crippen MR) is 127 cm³/mol. The van der Waals surface area contributed by atoms with Crippen molar-refractivity contribution in [3.05, 3.63) is 0 Å². The number of aliphatic hydroxyl groups is 1. The molecule has 0 rings (SSSR count). The van der Waals surface area contributed by atoms with Gasteiger partial charge in [0.15, 0.2) is 0 Å². The molecule has 0 aliphatic rings. The van der Waals surface area contributed by atoms with Gasteiger partial charge in [-0.15, -0.1) is 12.4 Å². The van der Waals surface area contributed by atoms with E-state index in [1.165, 1.54) is 0 Å². The zero-order valence-corrected chi connectivity index (χ0v) is 32.1. The predicted octanol–water partition coefficient (Wildman–Crippen LogP) is -1.24. The van der Waals surface area contributed by atoms with Gasteiger partial charge >= 0.3 is 76.3 Å². The summed E-state index contributed by atoms with van der Waals surface area (Å²) in [4.78, 5) is 30.4. The van der Waals surface area contributed by atoms with Gasteiger partial charge in [-0.1, -0.05) is 12.8 Å². The number of nitrogens with two attached hydrogens (primary N) is 4. The maximum atomic E-state index is 10.1. The molecule has 37 heavy (non-hydrogen) atoms. The summed E-state index contributed by atoms with van der Waals surface area (Å²) in [6.45, 7) is 1.67. The van der Waals surface area contributed by atoms with Crippen molar-refractivity contribution in [1.29, 1.82) is 0 Å². The van der Waals surface area contributed by atoms with E-state index in [1.54, 1.807) is 0 Å². The molecular weight excluding hydrogens is 674 g/mol. The largest absolute Gasteiger partial charge is 2.00 e. The van der Waals surface area contributed by atoms with Crippen molar-refractivity contribution in [1.82, 2.24) is 0 Å². The van der Waals surface area contributed by atoms with E-state index >= 15 is 0 Å². The van der Waals surface area contributed by atoms with Crippen molar-refractivity contribution in [3.8, 4) is 0 Å². The van der Waals surface area contributed by atoms with Gasteiger partial charge in [-0.2, -0.15) is 0 Å². The van der Waals surface area contributed by atoms with E-state index in [0.29, 0.717) is 37.0 Å². The summed E-state index contributed by atoms with van der Waals surface area (Å²) >= 11 is 0. The summed E-state index contributed by atoms with van der Waals surface area (Å²) in [5.41, 5.74) is 20.8. The number of halogens is 1. The van der Waals surface area contributed by atoms with E-state index in [-0.39, 0.29) is 88.2 Å². The molecular formula is C19H45ClN5O9Zn3+3. The Morgan fingerprint density at radius 1 is 0.730 bits per heavy atom. The fourth-order valence-electron chi connectivity index (χ4n) is 2.16. The molecule has 12 N–H and O–H groups in total. The van der Waals surface area contributed by atoms with Gasteiger partial charge in [0.25, 0.3) is 0 Å². The van der Waals surface area contributed by atoms with Crippen LogP contribution in [-0.4, -0.2) is 102 Å². The Kier molecular flexibility index (Phi) is 63.7. The molecule has 1 unspecified atom stereocenters. The molecule has 0 fully saturated rings. The van der Waals surface area contributed by atoms with Crippen LogP contribution in [-0.2, 0) is 83.8 Å². The van der Waals surface area contributed by atoms with Crippen LogP contribution in [0.4, 0.5) is 0 Å². The number of nitrogens with zero attached hydrogens (tertiary/aromatic N) is 1. The average Bonchev–Trinajstić information content (AvgIpc) is 2.60. The Hall–Kier alpha value is 0.250. The molecule has 0 aromatic heterocycles. The fourth-order valence-corrected chi connectivity index (χ4v) is 2.16. The Balaban J connectivity index is -0.0000000421. The van der Waals surface area contributed by atoms with Gasteiger partial charge in [-0.25, -0.2) is 0 Å². The molecule has 18 heteroatoms. The first-order valence-corrected chi connectivity index (χ1v) is 10.2. The van der Waals surface area contributed by atoms with E-state index in [9.17, 15) is 14.4 Å². The van der Waals surface area contributed by atoms with Crippen molar-refractivity contribution in [2.45, 2.75) is 63.1 Å². The van der Waals surface area contributed by atoms with Crippen molar-refractivity contribution in [2.24, 2.45) is 22.9 Å². The standard InChI is InChI=1S/C7H15NO3.2C6H14N2O2.ClH.2O.3Zn/c1-8(2,3)5-6(9)4-7(10)11;2*7-4-2-1-3-5(8)6(9)10;;;;;;/h6,9H,4-5H2,1-3H3;2*5H,1-4,7-8H2,(H,9,10);1H;;;;;/q;;;;2*-2;3*+2/p+1/t;2*5-;;;;;;/m.00....../s1. The molecule has 0 aliphatic carbocycles. The molecule has 0 aromatic carbocycles. The van der Waals surface area contributed by atoms with Gasteiger partial charge in [0, 0.05) is 0 Å². The normalized spacial score (nSPS) is 11.4. The first kappa shape index (κ1) is 61.3. The van der Waals surface area contributed by atoms with Crippen LogP contribution in [0.3, 0.4) is 0 Å². The molecule has 0 bridgehead atoms. The van der Waals surface area contributed by atoms with Crippen LogP contribution < -0.4 is 22.9 Å². The van der Waals surface area contributed by atoms with Crippen LogP contribution in [0.25, 0.3) is 0 Å². The monoisotopic (exact) mass is 714 g/mol. The van der Waals surface area contributed by atoms with E-state index in [4.69, 9.17) is 43.4 Å². The van der Waals surface area contributed by atoms with Crippen LogP contribution in [0.15, 0.2) is 0 Å². The minimum Gasteiger partial charge on any atom is -2.00 e. The Morgan fingerprint density at radius 3 is 1.22 bits per heavy atom. The molecule has 210 valence electrons. The van der Waals surface area contributed by atoms with Crippen molar-refractivity contribution >= 4 is 30.3 Å². The molecule has 0 radical (unpaired) electrons.